The highest BCUT2D eigenvalue weighted by atomic mass is 32.2. The van der Waals surface area contributed by atoms with E-state index >= 15 is 0 Å². The van der Waals surface area contributed by atoms with Gasteiger partial charge in [-0.1, -0.05) is 20.8 Å². The summed E-state index contributed by atoms with van der Waals surface area (Å²) in [5.74, 6) is 0.523. The Balaban J connectivity index is 3.94. The Labute approximate surface area is 99.0 Å². The predicted molar refractivity (Wildman–Crippen MR) is 66.0 cm³/mol. The molecule has 0 aliphatic rings. The lowest BCUT2D eigenvalue weighted by atomic mass is 10.1. The first-order valence-corrected chi connectivity index (χ1v) is 7.27. The average molecular weight is 252 g/mol. The van der Waals surface area contributed by atoms with E-state index in [4.69, 9.17) is 4.74 Å². The van der Waals surface area contributed by atoms with Crippen molar-refractivity contribution < 1.29 is 13.2 Å². The van der Waals surface area contributed by atoms with Crippen LogP contribution in [0.3, 0.4) is 0 Å². The second kappa shape index (κ2) is 8.00. The molecule has 0 amide bonds. The van der Waals surface area contributed by atoms with Gasteiger partial charge in [0, 0.05) is 26.2 Å². The number of rotatable bonds is 9. The molecule has 0 aromatic heterocycles. The van der Waals surface area contributed by atoms with Gasteiger partial charge in [-0.3, -0.25) is 0 Å². The summed E-state index contributed by atoms with van der Waals surface area (Å²) in [5, 5.41) is 3.19. The van der Waals surface area contributed by atoms with Gasteiger partial charge >= 0.3 is 0 Å². The van der Waals surface area contributed by atoms with Crippen LogP contribution in [0.2, 0.25) is 0 Å². The lowest BCUT2D eigenvalue weighted by Crippen LogP contribution is -2.41. The fourth-order valence-electron chi connectivity index (χ4n) is 1.34. The van der Waals surface area contributed by atoms with Gasteiger partial charge in [-0.05, 0) is 5.92 Å². The van der Waals surface area contributed by atoms with Crippen LogP contribution >= 0.6 is 0 Å². The van der Waals surface area contributed by atoms with Crippen LogP contribution in [0.15, 0.2) is 0 Å². The molecule has 0 rings (SSSR count). The Kier molecular flexibility index (Phi) is 7.91. The summed E-state index contributed by atoms with van der Waals surface area (Å²) in [4.78, 5) is 0. The summed E-state index contributed by atoms with van der Waals surface area (Å²) < 4.78 is 30.2. The summed E-state index contributed by atoms with van der Waals surface area (Å²) >= 11 is 0. The minimum atomic E-state index is -3.12. The van der Waals surface area contributed by atoms with Crippen LogP contribution < -0.4 is 10.0 Å². The molecular formula is C10H24N2O3S. The van der Waals surface area contributed by atoms with Crippen molar-refractivity contribution in [3.05, 3.63) is 0 Å². The molecule has 0 aliphatic carbocycles. The van der Waals surface area contributed by atoms with Crippen LogP contribution in [0.4, 0.5) is 0 Å². The van der Waals surface area contributed by atoms with Crippen molar-refractivity contribution in [1.29, 1.82) is 0 Å². The molecule has 0 saturated heterocycles. The first-order chi connectivity index (χ1) is 7.43. The van der Waals surface area contributed by atoms with Crippen molar-refractivity contribution in [1.82, 2.24) is 10.0 Å². The molecule has 6 heteroatoms. The SMILES string of the molecule is CCNS(=O)(=O)CCNC(COC)C(C)C. The largest absolute Gasteiger partial charge is 0.383 e. The van der Waals surface area contributed by atoms with E-state index < -0.39 is 10.0 Å². The van der Waals surface area contributed by atoms with Crippen LogP contribution in [0, 0.1) is 5.92 Å². The van der Waals surface area contributed by atoms with Crippen molar-refractivity contribution in [3.63, 3.8) is 0 Å². The Hall–Kier alpha value is -0.170. The van der Waals surface area contributed by atoms with Gasteiger partial charge < -0.3 is 10.1 Å². The van der Waals surface area contributed by atoms with Gasteiger partial charge in [-0.25, -0.2) is 13.1 Å². The average Bonchev–Trinajstić information content (AvgIpc) is 2.15. The highest BCUT2D eigenvalue weighted by molar-refractivity contribution is 7.89. The minimum Gasteiger partial charge on any atom is -0.383 e. The van der Waals surface area contributed by atoms with Crippen molar-refractivity contribution in [2.75, 3.05) is 32.6 Å². The molecule has 0 fully saturated rings. The molecule has 0 spiro atoms. The van der Waals surface area contributed by atoms with Gasteiger partial charge in [0.25, 0.3) is 0 Å². The summed E-state index contributed by atoms with van der Waals surface area (Å²) in [5.41, 5.74) is 0. The molecule has 0 aromatic carbocycles. The Bertz CT molecular complexity index is 265. The maximum atomic E-state index is 11.4. The monoisotopic (exact) mass is 252 g/mol. The van der Waals surface area contributed by atoms with E-state index in [0.717, 1.165) is 0 Å². The van der Waals surface area contributed by atoms with Crippen LogP contribution in [0.25, 0.3) is 0 Å². The summed E-state index contributed by atoms with van der Waals surface area (Å²) in [7, 11) is -1.48. The van der Waals surface area contributed by atoms with Crippen LogP contribution in [0.5, 0.6) is 0 Å². The normalized spacial score (nSPS) is 14.3. The highest BCUT2D eigenvalue weighted by Gasteiger charge is 2.14. The number of hydrogen-bond acceptors (Lipinski definition) is 4. The molecule has 16 heavy (non-hydrogen) atoms. The Morgan fingerprint density at radius 2 is 1.94 bits per heavy atom. The highest BCUT2D eigenvalue weighted by Crippen LogP contribution is 2.01. The van der Waals surface area contributed by atoms with Crippen molar-refractivity contribution in [2.45, 2.75) is 26.8 Å². The van der Waals surface area contributed by atoms with Crippen LogP contribution in [-0.2, 0) is 14.8 Å². The third-order valence-electron chi connectivity index (χ3n) is 2.29. The van der Waals surface area contributed by atoms with E-state index in [2.05, 4.69) is 23.9 Å². The van der Waals surface area contributed by atoms with Crippen molar-refractivity contribution in [2.24, 2.45) is 5.92 Å². The lowest BCUT2D eigenvalue weighted by Gasteiger charge is -2.21. The lowest BCUT2D eigenvalue weighted by molar-refractivity contribution is 0.148. The quantitative estimate of drug-likeness (QED) is 0.614. The van der Waals surface area contributed by atoms with Gasteiger partial charge in [0.1, 0.15) is 0 Å². The maximum Gasteiger partial charge on any atom is 0.212 e. The van der Waals surface area contributed by atoms with Gasteiger partial charge in [0.15, 0.2) is 0 Å². The fourth-order valence-corrected chi connectivity index (χ4v) is 2.31. The molecule has 2 N–H and O–H groups in total. The van der Waals surface area contributed by atoms with Gasteiger partial charge in [-0.15, -0.1) is 0 Å². The molecule has 1 atom stereocenters. The Morgan fingerprint density at radius 3 is 2.38 bits per heavy atom. The molecule has 98 valence electrons. The van der Waals surface area contributed by atoms with E-state index in [1.807, 2.05) is 0 Å². The zero-order chi connectivity index (χ0) is 12.6. The van der Waals surface area contributed by atoms with E-state index in [1.54, 1.807) is 14.0 Å². The molecule has 0 radical (unpaired) electrons. The molecule has 5 nitrogen and oxygen atoms in total. The zero-order valence-corrected chi connectivity index (χ0v) is 11.4. The predicted octanol–water partition coefficient (Wildman–Crippen LogP) is 0.186. The third-order valence-corrected chi connectivity index (χ3v) is 3.76. The number of hydrogen-bond donors (Lipinski definition) is 2. The summed E-state index contributed by atoms with van der Waals surface area (Å²) in [6.45, 7) is 7.41. The van der Waals surface area contributed by atoms with Gasteiger partial charge in [0.2, 0.25) is 10.0 Å². The second-order valence-corrected chi connectivity index (χ2v) is 6.00. The van der Waals surface area contributed by atoms with E-state index in [9.17, 15) is 8.42 Å². The van der Waals surface area contributed by atoms with Crippen molar-refractivity contribution >= 4 is 10.0 Å². The zero-order valence-electron chi connectivity index (χ0n) is 10.6. The first-order valence-electron chi connectivity index (χ1n) is 5.62. The maximum absolute atomic E-state index is 11.4. The second-order valence-electron chi connectivity index (χ2n) is 4.08. The van der Waals surface area contributed by atoms with Gasteiger partial charge in [0.05, 0.1) is 12.4 Å². The minimum absolute atomic E-state index is 0.105. The molecular weight excluding hydrogens is 228 g/mol. The third kappa shape index (κ3) is 7.16. The van der Waals surface area contributed by atoms with E-state index in [1.165, 1.54) is 0 Å². The number of methoxy groups -OCH3 is 1. The number of nitrogens with one attached hydrogen (secondary N) is 2. The molecule has 1 unspecified atom stereocenters. The van der Waals surface area contributed by atoms with E-state index in [0.29, 0.717) is 25.6 Å². The summed E-state index contributed by atoms with van der Waals surface area (Å²) in [6.07, 6.45) is 0. The number of sulfonamides is 1. The summed E-state index contributed by atoms with van der Waals surface area (Å²) in [6, 6.07) is 0.196. The van der Waals surface area contributed by atoms with E-state index in [-0.39, 0.29) is 11.8 Å². The van der Waals surface area contributed by atoms with Crippen molar-refractivity contribution in [3.8, 4) is 0 Å². The fraction of sp³-hybridized carbons (Fsp3) is 1.00. The van der Waals surface area contributed by atoms with Crippen LogP contribution in [-0.4, -0.2) is 47.0 Å². The standard InChI is InChI=1S/C10H24N2O3S/c1-5-12-16(13,14)7-6-11-10(8-15-4)9(2)3/h9-12H,5-8H2,1-4H3. The smallest absolute Gasteiger partial charge is 0.212 e. The topological polar surface area (TPSA) is 67.4 Å². The Morgan fingerprint density at radius 1 is 1.31 bits per heavy atom. The number of ether oxygens (including phenoxy) is 1. The van der Waals surface area contributed by atoms with Gasteiger partial charge in [-0.2, -0.15) is 0 Å². The molecule has 0 saturated carbocycles. The first kappa shape index (κ1) is 15.8. The molecule has 0 aliphatic heterocycles. The molecule has 0 aromatic rings. The molecule has 0 bridgehead atoms. The molecule has 0 heterocycles. The van der Waals surface area contributed by atoms with Crippen LogP contribution in [0.1, 0.15) is 20.8 Å².